The summed E-state index contributed by atoms with van der Waals surface area (Å²) in [5.74, 6) is -0.946. The van der Waals surface area contributed by atoms with E-state index in [1.165, 1.54) is 12.8 Å². The molecule has 0 fully saturated rings. The minimum Gasteiger partial charge on any atom is -0.478 e. The number of carboxylic acids is 1. The van der Waals surface area contributed by atoms with E-state index < -0.39 is 5.97 Å². The van der Waals surface area contributed by atoms with Crippen LogP contribution < -0.4 is 0 Å². The molecule has 2 N–H and O–H groups in total. The number of aromatic carboxylic acids is 1. The largest absolute Gasteiger partial charge is 0.478 e. The van der Waals surface area contributed by atoms with Gasteiger partial charge in [-0.3, -0.25) is 0 Å². The summed E-state index contributed by atoms with van der Waals surface area (Å²) in [5.41, 5.74) is 2.79. The van der Waals surface area contributed by atoms with Gasteiger partial charge < -0.3 is 10.3 Å². The fourth-order valence-electron chi connectivity index (χ4n) is 2.97. The zero-order valence-corrected chi connectivity index (χ0v) is 15.5. The van der Waals surface area contributed by atoms with Gasteiger partial charge in [-0.15, -0.1) is 0 Å². The van der Waals surface area contributed by atoms with Crippen molar-refractivity contribution in [1.82, 2.24) is 0 Å². The second kappa shape index (κ2) is 9.18. The van der Waals surface area contributed by atoms with Crippen molar-refractivity contribution in [1.29, 1.82) is 0 Å². The quantitative estimate of drug-likeness (QED) is 0.414. The minimum atomic E-state index is -0.946. The Hall–Kier alpha value is -2.62. The van der Waals surface area contributed by atoms with Crippen LogP contribution in [0.15, 0.2) is 59.3 Å². The second-order valence-corrected chi connectivity index (χ2v) is 7.42. The van der Waals surface area contributed by atoms with Gasteiger partial charge in [0.25, 0.3) is 0 Å². The van der Waals surface area contributed by atoms with Gasteiger partial charge in [0.05, 0.1) is 5.56 Å². The van der Waals surface area contributed by atoms with Crippen LogP contribution in [0.5, 0.6) is 0 Å². The van der Waals surface area contributed by atoms with Gasteiger partial charge in [-0.05, 0) is 60.4 Å². The average molecular weight is 353 g/mol. The lowest BCUT2D eigenvalue weighted by Crippen LogP contribution is -2.10. The fourth-order valence-corrected chi connectivity index (χ4v) is 2.97. The van der Waals surface area contributed by atoms with E-state index >= 15 is 0 Å². The molecule has 0 saturated carbocycles. The first-order valence-corrected chi connectivity index (χ1v) is 9.02. The summed E-state index contributed by atoms with van der Waals surface area (Å²) >= 11 is 0. The molecule has 2 rings (SSSR count). The highest BCUT2D eigenvalue weighted by molar-refractivity contribution is 6.11. The number of hydrogen-bond donors (Lipinski definition) is 2. The number of benzene rings is 1. The first-order valence-electron chi connectivity index (χ1n) is 9.02. The summed E-state index contributed by atoms with van der Waals surface area (Å²) in [6.45, 7) is 4.56. The number of hydrogen-bond acceptors (Lipinski definition) is 3. The molecule has 1 aromatic carbocycles. The Bertz CT molecular complexity index is 737. The van der Waals surface area contributed by atoms with Crippen molar-refractivity contribution < 1.29 is 15.1 Å². The normalized spacial score (nSPS) is 21.8. The van der Waals surface area contributed by atoms with Crippen molar-refractivity contribution in [2.45, 2.75) is 46.0 Å². The van der Waals surface area contributed by atoms with Gasteiger partial charge >= 0.3 is 5.97 Å². The third kappa shape index (κ3) is 6.03. The highest BCUT2D eigenvalue weighted by Crippen LogP contribution is 2.29. The summed E-state index contributed by atoms with van der Waals surface area (Å²) in [6.07, 6.45) is 15.3. The summed E-state index contributed by atoms with van der Waals surface area (Å²) in [7, 11) is 0. The smallest absolute Gasteiger partial charge is 0.335 e. The van der Waals surface area contributed by atoms with E-state index in [1.807, 2.05) is 12.2 Å². The third-order valence-electron chi connectivity index (χ3n) is 4.63. The van der Waals surface area contributed by atoms with Gasteiger partial charge in [0.1, 0.15) is 5.71 Å². The van der Waals surface area contributed by atoms with Crippen molar-refractivity contribution in [2.24, 2.45) is 10.6 Å². The lowest BCUT2D eigenvalue weighted by Gasteiger charge is -2.23. The summed E-state index contributed by atoms with van der Waals surface area (Å²) < 4.78 is 0. The summed E-state index contributed by atoms with van der Waals surface area (Å²) in [5, 5.41) is 21.8. The van der Waals surface area contributed by atoms with Gasteiger partial charge in [-0.25, -0.2) is 4.79 Å². The predicted octanol–water partition coefficient (Wildman–Crippen LogP) is 5.70. The van der Waals surface area contributed by atoms with Gasteiger partial charge in [-0.1, -0.05) is 61.9 Å². The van der Waals surface area contributed by atoms with Crippen LogP contribution in [0.4, 0.5) is 0 Å². The van der Waals surface area contributed by atoms with E-state index in [4.69, 9.17) is 5.11 Å². The molecule has 0 aromatic heterocycles. The first-order chi connectivity index (χ1) is 12.4. The zero-order chi connectivity index (χ0) is 19.0. The van der Waals surface area contributed by atoms with Crippen molar-refractivity contribution in [2.75, 3.05) is 0 Å². The third-order valence-corrected chi connectivity index (χ3v) is 4.63. The SMILES string of the molecule is CC1(C)C\C=C/C(C(/C=C/c2ccc(C(=O)O)cc2)=N\O)=C\CCCC1. The lowest BCUT2D eigenvalue weighted by atomic mass is 9.82. The highest BCUT2D eigenvalue weighted by Gasteiger charge is 2.16. The molecule has 4 nitrogen and oxygen atoms in total. The molecule has 1 aliphatic rings. The number of rotatable bonds is 4. The molecule has 1 aromatic rings. The summed E-state index contributed by atoms with van der Waals surface area (Å²) in [4.78, 5) is 10.9. The van der Waals surface area contributed by atoms with E-state index in [0.29, 0.717) is 5.71 Å². The van der Waals surface area contributed by atoms with E-state index in [0.717, 1.165) is 30.4 Å². The average Bonchev–Trinajstić information content (AvgIpc) is 2.61. The molecule has 0 bridgehead atoms. The summed E-state index contributed by atoms with van der Waals surface area (Å²) in [6, 6.07) is 6.58. The van der Waals surface area contributed by atoms with E-state index in [2.05, 4.69) is 31.2 Å². The van der Waals surface area contributed by atoms with E-state index in [1.54, 1.807) is 30.3 Å². The maximum absolute atomic E-state index is 10.9. The molecule has 0 heterocycles. The molecule has 138 valence electrons. The number of carbonyl (C=O) groups is 1. The Morgan fingerprint density at radius 3 is 2.58 bits per heavy atom. The van der Waals surface area contributed by atoms with Crippen molar-refractivity contribution >= 4 is 17.8 Å². The molecule has 0 saturated heterocycles. The highest BCUT2D eigenvalue weighted by atomic mass is 16.4. The number of carboxylic acid groups (broad SMARTS) is 1. The minimum absolute atomic E-state index is 0.249. The van der Waals surface area contributed by atoms with Gasteiger partial charge in [0.15, 0.2) is 0 Å². The van der Waals surface area contributed by atoms with Crippen LogP contribution >= 0.6 is 0 Å². The molecule has 0 radical (unpaired) electrons. The molecule has 0 unspecified atom stereocenters. The van der Waals surface area contributed by atoms with Crippen molar-refractivity contribution in [3.63, 3.8) is 0 Å². The predicted molar refractivity (Wildman–Crippen MR) is 106 cm³/mol. The Morgan fingerprint density at radius 2 is 1.92 bits per heavy atom. The maximum atomic E-state index is 10.9. The molecule has 4 heteroatoms. The number of allylic oxidation sites excluding steroid dienone is 5. The van der Waals surface area contributed by atoms with E-state index in [9.17, 15) is 10.0 Å². The molecular weight excluding hydrogens is 326 g/mol. The molecule has 26 heavy (non-hydrogen) atoms. The van der Waals surface area contributed by atoms with Crippen LogP contribution in [0.25, 0.3) is 6.08 Å². The second-order valence-electron chi connectivity index (χ2n) is 7.42. The lowest BCUT2D eigenvalue weighted by molar-refractivity contribution is 0.0697. The van der Waals surface area contributed by atoms with Crippen LogP contribution in [0.1, 0.15) is 61.9 Å². The monoisotopic (exact) mass is 353 g/mol. The molecule has 0 spiro atoms. The van der Waals surface area contributed by atoms with Crippen LogP contribution in [-0.2, 0) is 0 Å². The molecule has 0 atom stereocenters. The van der Waals surface area contributed by atoms with Gasteiger partial charge in [0, 0.05) is 0 Å². The van der Waals surface area contributed by atoms with Crippen LogP contribution in [0, 0.1) is 5.41 Å². The topological polar surface area (TPSA) is 69.9 Å². The van der Waals surface area contributed by atoms with Crippen LogP contribution in [0.2, 0.25) is 0 Å². The first kappa shape index (κ1) is 19.7. The maximum Gasteiger partial charge on any atom is 0.335 e. The van der Waals surface area contributed by atoms with Crippen LogP contribution in [0.3, 0.4) is 0 Å². The van der Waals surface area contributed by atoms with Gasteiger partial charge in [0.2, 0.25) is 0 Å². The van der Waals surface area contributed by atoms with Gasteiger partial charge in [-0.2, -0.15) is 0 Å². The Labute approximate surface area is 155 Å². The van der Waals surface area contributed by atoms with Crippen LogP contribution in [-0.4, -0.2) is 22.0 Å². The molecule has 0 aliphatic heterocycles. The number of oxime groups is 1. The Kier molecular flexibility index (Phi) is 6.96. The Morgan fingerprint density at radius 1 is 1.19 bits per heavy atom. The Balaban J connectivity index is 2.16. The standard InChI is InChI=1S/C22H27NO3/c1-22(2)15-5-3-4-7-18(8-6-16-22)20(23-26)14-11-17-9-12-19(13-10-17)21(24)25/h6-14,26H,3-5,15-16H2,1-2H3,(H,24,25)/b8-6-,14-11+,18-7+,23-20-. The molecule has 0 amide bonds. The van der Waals surface area contributed by atoms with Crippen molar-refractivity contribution in [3.05, 3.63) is 65.3 Å². The van der Waals surface area contributed by atoms with E-state index in [-0.39, 0.29) is 11.0 Å². The zero-order valence-electron chi connectivity index (χ0n) is 15.5. The molecular formula is C22H27NO3. The fraction of sp³-hybridized carbons (Fsp3) is 0.364. The van der Waals surface area contributed by atoms with Crippen molar-refractivity contribution in [3.8, 4) is 0 Å². The molecule has 1 aliphatic carbocycles. The number of nitrogens with zero attached hydrogens (tertiary/aromatic N) is 1.